The molecule has 1 aromatic carbocycles. The average Bonchev–Trinajstić information content (AvgIpc) is 2.47. The lowest BCUT2D eigenvalue weighted by Crippen LogP contribution is -2.41. The summed E-state index contributed by atoms with van der Waals surface area (Å²) in [4.78, 5) is 2.21. The predicted octanol–water partition coefficient (Wildman–Crippen LogP) is 0.755. The topological polar surface area (TPSA) is 56.5 Å². The lowest BCUT2D eigenvalue weighted by atomic mass is 10.1. The van der Waals surface area contributed by atoms with Crippen LogP contribution in [0.5, 0.6) is 0 Å². The van der Waals surface area contributed by atoms with Gasteiger partial charge in [-0.15, -0.1) is 0 Å². The van der Waals surface area contributed by atoms with Crippen molar-refractivity contribution < 1.29 is 9.84 Å². The Kier molecular flexibility index (Phi) is 4.94. The van der Waals surface area contributed by atoms with Crippen molar-refractivity contribution in [3.05, 3.63) is 35.4 Å². The Morgan fingerprint density at radius 1 is 1.37 bits per heavy atom. The van der Waals surface area contributed by atoms with E-state index < -0.39 is 0 Å². The minimum atomic E-state index is -0.316. The van der Waals surface area contributed by atoms with Crippen LogP contribution in [0, 0.1) is 23.2 Å². The molecule has 0 bridgehead atoms. The van der Waals surface area contributed by atoms with Gasteiger partial charge in [0.15, 0.2) is 6.10 Å². The Bertz CT molecular complexity index is 508. The maximum atomic E-state index is 8.86. The second-order valence-corrected chi connectivity index (χ2v) is 4.38. The quantitative estimate of drug-likeness (QED) is 0.794. The number of benzene rings is 1. The SMILES string of the molecule is N#CC1CN(Cc2ccc(C#CCO)cc2)CCO1. The van der Waals surface area contributed by atoms with Crippen molar-refractivity contribution in [1.82, 2.24) is 4.90 Å². The van der Waals surface area contributed by atoms with Crippen LogP contribution in [-0.4, -0.2) is 42.4 Å². The number of rotatable bonds is 2. The molecule has 0 amide bonds. The summed E-state index contributed by atoms with van der Waals surface area (Å²) in [5, 5.41) is 17.5. The Balaban J connectivity index is 1.94. The van der Waals surface area contributed by atoms with Crippen molar-refractivity contribution >= 4 is 0 Å². The van der Waals surface area contributed by atoms with Crippen molar-refractivity contribution in [2.75, 3.05) is 26.3 Å². The zero-order valence-corrected chi connectivity index (χ0v) is 10.7. The number of aliphatic hydroxyl groups excluding tert-OH is 1. The van der Waals surface area contributed by atoms with E-state index in [0.29, 0.717) is 13.2 Å². The average molecular weight is 256 g/mol. The van der Waals surface area contributed by atoms with Crippen LogP contribution >= 0.6 is 0 Å². The van der Waals surface area contributed by atoms with E-state index in [-0.39, 0.29) is 12.7 Å². The Labute approximate surface area is 113 Å². The van der Waals surface area contributed by atoms with Gasteiger partial charge in [-0.25, -0.2) is 0 Å². The van der Waals surface area contributed by atoms with E-state index in [9.17, 15) is 0 Å². The minimum Gasteiger partial charge on any atom is -0.384 e. The molecule has 1 fully saturated rings. The highest BCUT2D eigenvalue weighted by molar-refractivity contribution is 5.36. The molecule has 1 atom stereocenters. The number of hydrogen-bond donors (Lipinski definition) is 1. The molecule has 2 rings (SSSR count). The second-order valence-electron chi connectivity index (χ2n) is 4.38. The molecule has 0 spiro atoms. The molecule has 1 N–H and O–H groups in total. The number of aliphatic hydroxyl groups is 1. The van der Waals surface area contributed by atoms with Crippen molar-refractivity contribution in [1.29, 1.82) is 5.26 Å². The summed E-state index contributed by atoms with van der Waals surface area (Å²) in [7, 11) is 0. The first-order valence-corrected chi connectivity index (χ1v) is 6.24. The number of hydrogen-bond acceptors (Lipinski definition) is 4. The van der Waals surface area contributed by atoms with Crippen molar-refractivity contribution in [2.45, 2.75) is 12.6 Å². The summed E-state index contributed by atoms with van der Waals surface area (Å²) in [6.07, 6.45) is -0.316. The summed E-state index contributed by atoms with van der Waals surface area (Å²) in [5.41, 5.74) is 2.09. The maximum absolute atomic E-state index is 8.86. The molecule has 1 saturated heterocycles. The molecule has 4 heteroatoms. The zero-order valence-electron chi connectivity index (χ0n) is 10.7. The van der Waals surface area contributed by atoms with Gasteiger partial charge in [-0.1, -0.05) is 24.0 Å². The highest BCUT2D eigenvalue weighted by Crippen LogP contribution is 2.11. The summed E-state index contributed by atoms with van der Waals surface area (Å²) < 4.78 is 5.31. The fourth-order valence-corrected chi connectivity index (χ4v) is 2.02. The first-order chi connectivity index (χ1) is 9.31. The van der Waals surface area contributed by atoms with E-state index in [4.69, 9.17) is 15.1 Å². The predicted molar refractivity (Wildman–Crippen MR) is 71.0 cm³/mol. The van der Waals surface area contributed by atoms with Gasteiger partial charge in [0.05, 0.1) is 12.7 Å². The smallest absolute Gasteiger partial charge is 0.156 e. The monoisotopic (exact) mass is 256 g/mol. The number of nitrogens with zero attached hydrogens (tertiary/aromatic N) is 2. The molecule has 1 heterocycles. The van der Waals surface area contributed by atoms with Gasteiger partial charge in [0, 0.05) is 25.2 Å². The molecule has 1 aromatic rings. The summed E-state index contributed by atoms with van der Waals surface area (Å²) >= 11 is 0. The first kappa shape index (κ1) is 13.6. The van der Waals surface area contributed by atoms with Crippen LogP contribution in [-0.2, 0) is 11.3 Å². The standard InChI is InChI=1S/C15H16N2O2/c16-10-15-12-17(7-9-19-15)11-14-5-3-13(4-6-14)2-1-8-18/h3-6,15,18H,7-9,11-12H2. The number of morpholine rings is 1. The lowest BCUT2D eigenvalue weighted by Gasteiger charge is -2.29. The Hall–Kier alpha value is -1.85. The molecule has 0 aliphatic carbocycles. The molecule has 1 unspecified atom stereocenters. The summed E-state index contributed by atoms with van der Waals surface area (Å²) in [6, 6.07) is 10.1. The second kappa shape index (κ2) is 6.92. The molecule has 19 heavy (non-hydrogen) atoms. The summed E-state index contributed by atoms with van der Waals surface area (Å²) in [5.74, 6) is 5.49. The van der Waals surface area contributed by atoms with Crippen molar-refractivity contribution in [3.8, 4) is 17.9 Å². The molecule has 98 valence electrons. The zero-order chi connectivity index (χ0) is 13.5. The van der Waals surface area contributed by atoms with Gasteiger partial charge >= 0.3 is 0 Å². The van der Waals surface area contributed by atoms with Gasteiger partial charge in [-0.3, -0.25) is 4.90 Å². The van der Waals surface area contributed by atoms with E-state index in [2.05, 4.69) is 22.8 Å². The lowest BCUT2D eigenvalue weighted by molar-refractivity contribution is -0.00269. The molecule has 4 nitrogen and oxygen atoms in total. The van der Waals surface area contributed by atoms with Crippen LogP contribution in [0.2, 0.25) is 0 Å². The molecule has 0 radical (unpaired) electrons. The molecular weight excluding hydrogens is 240 g/mol. The molecule has 0 saturated carbocycles. The van der Waals surface area contributed by atoms with E-state index in [0.717, 1.165) is 18.7 Å². The van der Waals surface area contributed by atoms with Crippen molar-refractivity contribution in [2.24, 2.45) is 0 Å². The highest BCUT2D eigenvalue weighted by Gasteiger charge is 2.19. The van der Waals surface area contributed by atoms with Gasteiger partial charge in [0.2, 0.25) is 0 Å². The van der Waals surface area contributed by atoms with Crippen molar-refractivity contribution in [3.63, 3.8) is 0 Å². The number of nitriles is 1. The first-order valence-electron chi connectivity index (χ1n) is 6.24. The molecule has 1 aliphatic rings. The van der Waals surface area contributed by atoms with Crippen LogP contribution < -0.4 is 0 Å². The van der Waals surface area contributed by atoms with E-state index >= 15 is 0 Å². The van der Waals surface area contributed by atoms with Crippen LogP contribution in [0.1, 0.15) is 11.1 Å². The van der Waals surface area contributed by atoms with Crippen LogP contribution in [0.15, 0.2) is 24.3 Å². The molecule has 0 aromatic heterocycles. The third kappa shape index (κ3) is 4.08. The summed E-state index contributed by atoms with van der Waals surface area (Å²) in [6.45, 7) is 2.81. The third-order valence-corrected chi connectivity index (χ3v) is 2.97. The highest BCUT2D eigenvalue weighted by atomic mass is 16.5. The van der Waals surface area contributed by atoms with Crippen LogP contribution in [0.4, 0.5) is 0 Å². The largest absolute Gasteiger partial charge is 0.384 e. The Morgan fingerprint density at radius 2 is 2.16 bits per heavy atom. The van der Waals surface area contributed by atoms with Gasteiger partial charge in [0.1, 0.15) is 6.61 Å². The normalized spacial score (nSPS) is 19.3. The third-order valence-electron chi connectivity index (χ3n) is 2.97. The fraction of sp³-hybridized carbons (Fsp3) is 0.400. The minimum absolute atomic E-state index is 0.120. The van der Waals surface area contributed by atoms with E-state index in [1.54, 1.807) is 0 Å². The molecular formula is C15H16N2O2. The van der Waals surface area contributed by atoms with Gasteiger partial charge < -0.3 is 9.84 Å². The van der Waals surface area contributed by atoms with Gasteiger partial charge in [0.25, 0.3) is 0 Å². The van der Waals surface area contributed by atoms with Gasteiger partial charge in [-0.05, 0) is 17.7 Å². The molecule has 1 aliphatic heterocycles. The van der Waals surface area contributed by atoms with Gasteiger partial charge in [-0.2, -0.15) is 5.26 Å². The Morgan fingerprint density at radius 3 is 2.84 bits per heavy atom. The fourth-order valence-electron chi connectivity index (χ4n) is 2.02. The van der Waals surface area contributed by atoms with E-state index in [1.807, 2.05) is 24.3 Å². The van der Waals surface area contributed by atoms with Crippen LogP contribution in [0.3, 0.4) is 0 Å². The number of ether oxygens (including phenoxy) is 1. The maximum Gasteiger partial charge on any atom is 0.156 e. The van der Waals surface area contributed by atoms with Crippen LogP contribution in [0.25, 0.3) is 0 Å². The van der Waals surface area contributed by atoms with E-state index in [1.165, 1.54) is 5.56 Å².